The average molecular weight is 515 g/mol. The molecule has 3 rings (SSSR count). The van der Waals surface area contributed by atoms with Crippen molar-refractivity contribution in [2.75, 3.05) is 0 Å². The monoisotopic (exact) mass is 514 g/mol. The van der Waals surface area contributed by atoms with E-state index in [-0.39, 0.29) is 18.3 Å². The summed E-state index contributed by atoms with van der Waals surface area (Å²) in [5, 5.41) is 15.2. The van der Waals surface area contributed by atoms with Gasteiger partial charge in [-0.15, -0.1) is 0 Å². The third-order valence-electron chi connectivity index (χ3n) is 6.54. The number of benzene rings is 2. The standard InChI is InChI=1S/C27H35N2O6P/c1-18(2)16-22-21(15-9-14-19-10-5-3-6-11-19)26(36(33,34)35)29-24(22)25(30)28-23(27(31)32)17-20-12-7-4-8-13-20/h3-14,18,21-24,26,29H,15-17H2,1-2H3,(H,28,30)(H,31,32)(H2,33,34,35)/b14-9+/t21-,22-,23-,24-,26+/m0/s1. The van der Waals surface area contributed by atoms with Gasteiger partial charge in [-0.1, -0.05) is 86.7 Å². The molecule has 1 amide bonds. The van der Waals surface area contributed by atoms with Gasteiger partial charge in [0.15, 0.2) is 0 Å². The summed E-state index contributed by atoms with van der Waals surface area (Å²) < 4.78 is 12.4. The number of nitrogens with one attached hydrogen (secondary N) is 2. The fourth-order valence-corrected chi connectivity index (χ4v) is 6.12. The lowest BCUT2D eigenvalue weighted by molar-refractivity contribution is -0.142. The fraction of sp³-hybridized carbons (Fsp3) is 0.407. The first-order valence-electron chi connectivity index (χ1n) is 12.2. The number of hydrogen-bond acceptors (Lipinski definition) is 4. The molecule has 1 heterocycles. The lowest BCUT2D eigenvalue weighted by atomic mass is 9.81. The van der Waals surface area contributed by atoms with Crippen LogP contribution < -0.4 is 10.6 Å². The van der Waals surface area contributed by atoms with Crippen LogP contribution in [-0.2, 0) is 20.6 Å². The van der Waals surface area contributed by atoms with Crippen LogP contribution in [0, 0.1) is 17.8 Å². The van der Waals surface area contributed by atoms with Crippen LogP contribution in [-0.4, -0.2) is 44.6 Å². The van der Waals surface area contributed by atoms with Gasteiger partial charge in [-0.3, -0.25) is 14.7 Å². The van der Waals surface area contributed by atoms with Gasteiger partial charge in [0.1, 0.15) is 11.8 Å². The van der Waals surface area contributed by atoms with Gasteiger partial charge in [-0.05, 0) is 41.7 Å². The highest BCUT2D eigenvalue weighted by molar-refractivity contribution is 7.52. The molecule has 0 aromatic heterocycles. The van der Waals surface area contributed by atoms with E-state index in [1.165, 1.54) is 0 Å². The van der Waals surface area contributed by atoms with Crippen LogP contribution in [0.5, 0.6) is 0 Å². The maximum Gasteiger partial charge on any atom is 0.342 e. The van der Waals surface area contributed by atoms with Crippen molar-refractivity contribution in [3.63, 3.8) is 0 Å². The SMILES string of the molecule is CC(C)C[C@H]1[C@H](C/C=C/c2ccccc2)[C@@H](P(=O)(O)O)N[C@@H]1C(=O)N[C@@H](Cc1ccccc1)C(=O)O. The number of carbonyl (C=O) groups is 2. The van der Waals surface area contributed by atoms with Crippen LogP contribution in [0.15, 0.2) is 66.7 Å². The molecule has 1 aliphatic heterocycles. The molecule has 5 N–H and O–H groups in total. The van der Waals surface area contributed by atoms with Gasteiger partial charge in [0, 0.05) is 6.42 Å². The predicted octanol–water partition coefficient (Wildman–Crippen LogP) is 3.66. The third kappa shape index (κ3) is 7.61. The maximum absolute atomic E-state index is 13.3. The highest BCUT2D eigenvalue weighted by Gasteiger charge is 2.52. The average Bonchev–Trinajstić information content (AvgIpc) is 3.18. The van der Waals surface area contributed by atoms with Crippen molar-refractivity contribution in [3.8, 4) is 0 Å². The maximum atomic E-state index is 13.3. The molecule has 1 fully saturated rings. The van der Waals surface area contributed by atoms with Crippen LogP contribution in [0.4, 0.5) is 0 Å². The summed E-state index contributed by atoms with van der Waals surface area (Å²) in [6.45, 7) is 3.98. The molecule has 36 heavy (non-hydrogen) atoms. The van der Waals surface area contributed by atoms with E-state index < -0.39 is 43.3 Å². The molecule has 2 aromatic carbocycles. The normalized spacial score (nSPS) is 23.1. The molecule has 0 unspecified atom stereocenters. The summed E-state index contributed by atoms with van der Waals surface area (Å²) in [6.07, 6.45) is 4.81. The number of allylic oxidation sites excluding steroid dienone is 1. The van der Waals surface area contributed by atoms with E-state index in [0.717, 1.165) is 11.1 Å². The first kappa shape index (κ1) is 27.8. The zero-order valence-corrected chi connectivity index (χ0v) is 21.4. The molecule has 0 bridgehead atoms. The Labute approximate surface area is 212 Å². The Morgan fingerprint density at radius 2 is 1.64 bits per heavy atom. The quantitative estimate of drug-likeness (QED) is 0.289. The Morgan fingerprint density at radius 3 is 2.19 bits per heavy atom. The fourth-order valence-electron chi connectivity index (χ4n) is 4.92. The van der Waals surface area contributed by atoms with Gasteiger partial charge in [0.05, 0.1) is 6.04 Å². The van der Waals surface area contributed by atoms with Crippen molar-refractivity contribution < 1.29 is 29.0 Å². The van der Waals surface area contributed by atoms with Crippen molar-refractivity contribution in [2.24, 2.45) is 17.8 Å². The Hall–Kier alpha value is -2.77. The number of carbonyl (C=O) groups excluding carboxylic acids is 1. The molecule has 1 saturated heterocycles. The van der Waals surface area contributed by atoms with Gasteiger partial charge in [0.2, 0.25) is 5.91 Å². The van der Waals surface area contributed by atoms with Crippen molar-refractivity contribution >= 4 is 25.5 Å². The third-order valence-corrected chi connectivity index (χ3v) is 7.79. The van der Waals surface area contributed by atoms with Crippen LogP contribution in [0.25, 0.3) is 6.08 Å². The minimum Gasteiger partial charge on any atom is -0.480 e. The molecule has 0 radical (unpaired) electrons. The zero-order chi connectivity index (χ0) is 26.3. The Balaban J connectivity index is 1.83. The molecular formula is C27H35N2O6P. The minimum absolute atomic E-state index is 0.106. The van der Waals surface area contributed by atoms with Crippen LogP contribution in [0.2, 0.25) is 0 Å². The molecule has 194 valence electrons. The summed E-state index contributed by atoms with van der Waals surface area (Å²) in [7, 11) is -4.59. The van der Waals surface area contributed by atoms with Crippen molar-refractivity contribution in [2.45, 2.75) is 51.0 Å². The lowest BCUT2D eigenvalue weighted by Crippen LogP contribution is -2.51. The topological polar surface area (TPSA) is 136 Å². The summed E-state index contributed by atoms with van der Waals surface area (Å²) in [5.74, 6) is -3.63. The van der Waals surface area contributed by atoms with Crippen LogP contribution in [0.3, 0.4) is 0 Å². The van der Waals surface area contributed by atoms with Crippen molar-refractivity contribution in [1.82, 2.24) is 10.6 Å². The summed E-state index contributed by atoms with van der Waals surface area (Å²) in [6, 6.07) is 16.5. The molecule has 1 aliphatic rings. The smallest absolute Gasteiger partial charge is 0.342 e. The van der Waals surface area contributed by atoms with Crippen molar-refractivity contribution in [3.05, 3.63) is 77.9 Å². The molecule has 5 atom stereocenters. The summed E-state index contributed by atoms with van der Waals surface area (Å²) >= 11 is 0. The highest BCUT2D eigenvalue weighted by Crippen LogP contribution is 2.51. The molecular weight excluding hydrogens is 479 g/mol. The van der Waals surface area contributed by atoms with E-state index in [1.807, 2.05) is 62.4 Å². The Kier molecular flexibility index (Phi) is 9.63. The van der Waals surface area contributed by atoms with Gasteiger partial charge < -0.3 is 20.2 Å². The second-order valence-electron chi connectivity index (χ2n) is 9.77. The van der Waals surface area contributed by atoms with E-state index in [2.05, 4.69) is 10.6 Å². The predicted molar refractivity (Wildman–Crippen MR) is 139 cm³/mol. The number of aliphatic carboxylic acids is 1. The second kappa shape index (κ2) is 12.5. The van der Waals surface area contributed by atoms with Gasteiger partial charge in [-0.25, -0.2) is 4.79 Å². The molecule has 8 nitrogen and oxygen atoms in total. The molecule has 0 saturated carbocycles. The molecule has 9 heteroatoms. The summed E-state index contributed by atoms with van der Waals surface area (Å²) in [5.41, 5.74) is 1.73. The van der Waals surface area contributed by atoms with Crippen LogP contribution >= 0.6 is 7.60 Å². The zero-order valence-electron chi connectivity index (χ0n) is 20.5. The number of carboxylic acids is 1. The van der Waals surface area contributed by atoms with Crippen LogP contribution in [0.1, 0.15) is 37.8 Å². The van der Waals surface area contributed by atoms with Gasteiger partial charge >= 0.3 is 13.6 Å². The molecule has 2 aromatic rings. The Morgan fingerprint density at radius 1 is 1.03 bits per heavy atom. The van der Waals surface area contributed by atoms with E-state index in [0.29, 0.717) is 12.8 Å². The van der Waals surface area contributed by atoms with E-state index in [4.69, 9.17) is 0 Å². The first-order chi connectivity index (χ1) is 17.1. The Bertz CT molecular complexity index is 1090. The summed E-state index contributed by atoms with van der Waals surface area (Å²) in [4.78, 5) is 45.5. The minimum atomic E-state index is -4.59. The lowest BCUT2D eigenvalue weighted by Gasteiger charge is -2.27. The molecule has 0 aliphatic carbocycles. The number of amides is 1. The highest BCUT2D eigenvalue weighted by atomic mass is 31.2. The van der Waals surface area contributed by atoms with E-state index in [9.17, 15) is 29.0 Å². The van der Waals surface area contributed by atoms with Gasteiger partial charge in [0.25, 0.3) is 0 Å². The number of rotatable bonds is 11. The van der Waals surface area contributed by atoms with E-state index in [1.54, 1.807) is 24.3 Å². The second-order valence-corrected chi connectivity index (χ2v) is 11.5. The molecule has 0 spiro atoms. The first-order valence-corrected chi connectivity index (χ1v) is 13.8. The number of carboxylic acid groups (broad SMARTS) is 1. The largest absolute Gasteiger partial charge is 0.480 e. The number of hydrogen-bond donors (Lipinski definition) is 5. The van der Waals surface area contributed by atoms with E-state index >= 15 is 0 Å². The van der Waals surface area contributed by atoms with Gasteiger partial charge in [-0.2, -0.15) is 0 Å². The van der Waals surface area contributed by atoms with Crippen molar-refractivity contribution in [1.29, 1.82) is 0 Å².